The monoisotopic (exact) mass is 354 g/mol. The molecule has 0 unspecified atom stereocenters. The summed E-state index contributed by atoms with van der Waals surface area (Å²) in [6.45, 7) is 4.66. The molecule has 7 nitrogen and oxygen atoms in total. The van der Waals surface area contributed by atoms with Crippen LogP contribution in [0.1, 0.15) is 23.7 Å². The van der Waals surface area contributed by atoms with Crippen LogP contribution in [0.25, 0.3) is 0 Å². The smallest absolute Gasteiger partial charge is 0.338 e. The Hall–Kier alpha value is -1.96. The van der Waals surface area contributed by atoms with E-state index in [1.807, 2.05) is 6.07 Å². The molecule has 1 aromatic carbocycles. The molecule has 0 radical (unpaired) electrons. The first-order valence-electron chi connectivity index (χ1n) is 8.35. The normalized spacial score (nSPS) is 10.4. The van der Waals surface area contributed by atoms with E-state index >= 15 is 0 Å². The Labute approximate surface area is 148 Å². The zero-order chi connectivity index (χ0) is 18.2. The Kier molecular flexibility index (Phi) is 12.1. The SMILES string of the molecule is CCOC(=O)CCOCCOCCOCCOC(=O)c1ccccc1. The average molecular weight is 354 g/mol. The largest absolute Gasteiger partial charge is 0.466 e. The minimum Gasteiger partial charge on any atom is -0.466 e. The third kappa shape index (κ3) is 11.3. The summed E-state index contributed by atoms with van der Waals surface area (Å²) in [5.41, 5.74) is 0.522. The van der Waals surface area contributed by atoms with Crippen molar-refractivity contribution in [1.29, 1.82) is 0 Å². The summed E-state index contributed by atoms with van der Waals surface area (Å²) in [4.78, 5) is 22.7. The number of carbonyl (C=O) groups excluding carboxylic acids is 2. The molecule has 0 saturated heterocycles. The quantitative estimate of drug-likeness (QED) is 0.372. The van der Waals surface area contributed by atoms with Crippen LogP contribution < -0.4 is 0 Å². The van der Waals surface area contributed by atoms with Crippen LogP contribution in [0.4, 0.5) is 0 Å². The van der Waals surface area contributed by atoms with E-state index in [-0.39, 0.29) is 25.0 Å². The first kappa shape index (κ1) is 21.1. The molecule has 0 atom stereocenters. The molecule has 140 valence electrons. The van der Waals surface area contributed by atoms with Crippen molar-refractivity contribution < 1.29 is 33.3 Å². The van der Waals surface area contributed by atoms with Gasteiger partial charge < -0.3 is 23.7 Å². The average Bonchev–Trinajstić information content (AvgIpc) is 2.63. The van der Waals surface area contributed by atoms with Gasteiger partial charge in [0.15, 0.2) is 0 Å². The number of hydrogen-bond donors (Lipinski definition) is 0. The number of rotatable bonds is 14. The molecule has 0 aromatic heterocycles. The lowest BCUT2D eigenvalue weighted by Gasteiger charge is -2.07. The van der Waals surface area contributed by atoms with Crippen molar-refractivity contribution in [3.05, 3.63) is 35.9 Å². The summed E-state index contributed by atoms with van der Waals surface area (Å²) in [5, 5.41) is 0. The third-order valence-electron chi connectivity index (χ3n) is 2.97. The van der Waals surface area contributed by atoms with Gasteiger partial charge in [-0.05, 0) is 19.1 Å². The van der Waals surface area contributed by atoms with Crippen LogP contribution in [-0.2, 0) is 28.5 Å². The Bertz CT molecular complexity index is 476. The van der Waals surface area contributed by atoms with Crippen LogP contribution in [0, 0.1) is 0 Å². The first-order chi connectivity index (χ1) is 12.2. The highest BCUT2D eigenvalue weighted by molar-refractivity contribution is 5.89. The second-order valence-electron chi connectivity index (χ2n) is 4.89. The molecule has 0 spiro atoms. The summed E-state index contributed by atoms with van der Waals surface area (Å²) in [6, 6.07) is 8.80. The van der Waals surface area contributed by atoms with E-state index in [0.717, 1.165) is 0 Å². The Morgan fingerprint density at radius 1 is 0.760 bits per heavy atom. The molecule has 0 aliphatic rings. The van der Waals surface area contributed by atoms with E-state index in [1.54, 1.807) is 31.2 Å². The van der Waals surface area contributed by atoms with Gasteiger partial charge in [0, 0.05) is 0 Å². The predicted octanol–water partition coefficient (Wildman–Crippen LogP) is 1.85. The Balaban J connectivity index is 1.83. The fourth-order valence-electron chi connectivity index (χ4n) is 1.78. The number of esters is 2. The molecule has 7 heteroatoms. The summed E-state index contributed by atoms with van der Waals surface area (Å²) in [6.07, 6.45) is 0.249. The molecule has 0 bridgehead atoms. The van der Waals surface area contributed by atoms with Crippen LogP contribution >= 0.6 is 0 Å². The molecule has 1 rings (SSSR count). The van der Waals surface area contributed by atoms with Crippen molar-refractivity contribution in [2.45, 2.75) is 13.3 Å². The van der Waals surface area contributed by atoms with Crippen molar-refractivity contribution in [2.75, 3.05) is 52.9 Å². The second-order valence-corrected chi connectivity index (χ2v) is 4.89. The summed E-state index contributed by atoms with van der Waals surface area (Å²) in [5.74, 6) is -0.620. The number of hydrogen-bond acceptors (Lipinski definition) is 7. The minimum absolute atomic E-state index is 0.199. The molecule has 0 heterocycles. The predicted molar refractivity (Wildman–Crippen MR) is 90.4 cm³/mol. The maximum atomic E-state index is 11.6. The highest BCUT2D eigenvalue weighted by Crippen LogP contribution is 2.00. The van der Waals surface area contributed by atoms with Crippen LogP contribution in [0.15, 0.2) is 30.3 Å². The highest BCUT2D eigenvalue weighted by Gasteiger charge is 2.05. The van der Waals surface area contributed by atoms with E-state index in [0.29, 0.717) is 51.8 Å². The van der Waals surface area contributed by atoms with Crippen LogP contribution in [0.3, 0.4) is 0 Å². The van der Waals surface area contributed by atoms with E-state index in [4.69, 9.17) is 23.7 Å². The van der Waals surface area contributed by atoms with Gasteiger partial charge in [0.1, 0.15) is 6.61 Å². The molecule has 1 aromatic rings. The van der Waals surface area contributed by atoms with Crippen molar-refractivity contribution >= 4 is 11.9 Å². The van der Waals surface area contributed by atoms with Crippen molar-refractivity contribution in [2.24, 2.45) is 0 Å². The molecule has 25 heavy (non-hydrogen) atoms. The van der Waals surface area contributed by atoms with Gasteiger partial charge in [-0.2, -0.15) is 0 Å². The Morgan fingerprint density at radius 2 is 1.32 bits per heavy atom. The second kappa shape index (κ2) is 14.4. The molecule has 0 saturated carbocycles. The number of ether oxygens (including phenoxy) is 5. The summed E-state index contributed by atoms with van der Waals surface area (Å²) >= 11 is 0. The van der Waals surface area contributed by atoms with E-state index in [2.05, 4.69) is 0 Å². The van der Waals surface area contributed by atoms with Crippen LogP contribution in [0.5, 0.6) is 0 Å². The molecule has 0 aliphatic heterocycles. The minimum atomic E-state index is -0.361. The van der Waals surface area contributed by atoms with Crippen molar-refractivity contribution in [1.82, 2.24) is 0 Å². The van der Waals surface area contributed by atoms with E-state index < -0.39 is 0 Å². The van der Waals surface area contributed by atoms with Gasteiger partial charge >= 0.3 is 11.9 Å². The molecule has 0 fully saturated rings. The fourth-order valence-corrected chi connectivity index (χ4v) is 1.78. The topological polar surface area (TPSA) is 80.3 Å². The van der Waals surface area contributed by atoms with Gasteiger partial charge in [0.25, 0.3) is 0 Å². The molecular weight excluding hydrogens is 328 g/mol. The van der Waals surface area contributed by atoms with Crippen molar-refractivity contribution in [3.8, 4) is 0 Å². The standard InChI is InChI=1S/C18H26O7/c1-2-24-17(19)8-9-21-10-11-22-12-13-23-14-15-25-18(20)16-6-4-3-5-7-16/h3-7H,2,8-15H2,1H3. The zero-order valence-electron chi connectivity index (χ0n) is 14.6. The lowest BCUT2D eigenvalue weighted by atomic mass is 10.2. The van der Waals surface area contributed by atoms with Gasteiger partial charge in [-0.1, -0.05) is 18.2 Å². The van der Waals surface area contributed by atoms with E-state index in [9.17, 15) is 9.59 Å². The lowest BCUT2D eigenvalue weighted by molar-refractivity contribution is -0.144. The third-order valence-corrected chi connectivity index (χ3v) is 2.97. The first-order valence-corrected chi connectivity index (χ1v) is 8.35. The maximum Gasteiger partial charge on any atom is 0.338 e. The van der Waals surface area contributed by atoms with Gasteiger partial charge in [0.05, 0.1) is 58.2 Å². The zero-order valence-corrected chi connectivity index (χ0v) is 14.6. The molecule has 0 N–H and O–H groups in total. The highest BCUT2D eigenvalue weighted by atomic mass is 16.6. The van der Waals surface area contributed by atoms with Crippen LogP contribution in [-0.4, -0.2) is 64.8 Å². The number of benzene rings is 1. The number of carbonyl (C=O) groups is 2. The molecule has 0 aliphatic carbocycles. The van der Waals surface area contributed by atoms with Gasteiger partial charge in [0.2, 0.25) is 0 Å². The van der Waals surface area contributed by atoms with Crippen LogP contribution in [0.2, 0.25) is 0 Å². The Morgan fingerprint density at radius 3 is 1.92 bits per heavy atom. The van der Waals surface area contributed by atoms with Crippen molar-refractivity contribution in [3.63, 3.8) is 0 Å². The summed E-state index contributed by atoms with van der Waals surface area (Å²) in [7, 11) is 0. The van der Waals surface area contributed by atoms with E-state index in [1.165, 1.54) is 0 Å². The lowest BCUT2D eigenvalue weighted by Crippen LogP contribution is -2.14. The van der Waals surface area contributed by atoms with Gasteiger partial charge in [-0.15, -0.1) is 0 Å². The maximum absolute atomic E-state index is 11.6. The summed E-state index contributed by atoms with van der Waals surface area (Å²) < 4.78 is 25.7. The molecule has 0 amide bonds. The van der Waals surface area contributed by atoms with Gasteiger partial charge in [-0.3, -0.25) is 4.79 Å². The molecular formula is C18H26O7. The van der Waals surface area contributed by atoms with Gasteiger partial charge in [-0.25, -0.2) is 4.79 Å². The fraction of sp³-hybridized carbons (Fsp3) is 0.556.